The second-order valence-electron chi connectivity index (χ2n) is 10.0. The van der Waals surface area contributed by atoms with Gasteiger partial charge in [-0.05, 0) is 54.7 Å². The second-order valence-corrected chi connectivity index (χ2v) is 10.0. The zero-order valence-corrected chi connectivity index (χ0v) is 19.4. The molecule has 3 N–H and O–H groups in total. The van der Waals surface area contributed by atoms with Gasteiger partial charge in [-0.25, -0.2) is 4.79 Å². The standard InChI is InChI=1S/C24H34N4O4/c1-5-7-19(29)26-18-9-6-8-17(10-18)13-25-20(30)14-28-21(31)24(27-22(28)32)12-16(2)11-23(3,4)15-24/h6,8-10,16H,5,7,11-15H2,1-4H3,(H,25,30)(H,26,29)(H,27,32). The number of amides is 5. The Morgan fingerprint density at radius 3 is 2.62 bits per heavy atom. The Labute approximate surface area is 189 Å². The van der Waals surface area contributed by atoms with E-state index in [1.165, 1.54) is 0 Å². The Kier molecular flexibility index (Phi) is 6.91. The summed E-state index contributed by atoms with van der Waals surface area (Å²) in [5, 5.41) is 8.48. The van der Waals surface area contributed by atoms with Crippen LogP contribution in [0.4, 0.5) is 10.5 Å². The molecule has 2 unspecified atom stereocenters. The molecule has 1 aromatic rings. The van der Waals surface area contributed by atoms with Crippen molar-refractivity contribution in [1.29, 1.82) is 0 Å². The molecule has 1 saturated heterocycles. The summed E-state index contributed by atoms with van der Waals surface area (Å²) < 4.78 is 0. The first-order chi connectivity index (χ1) is 15.0. The Balaban J connectivity index is 1.58. The number of carbonyl (C=O) groups excluding carboxylic acids is 4. The van der Waals surface area contributed by atoms with Crippen LogP contribution < -0.4 is 16.0 Å². The van der Waals surface area contributed by atoms with Crippen molar-refractivity contribution >= 4 is 29.4 Å². The molecule has 8 nitrogen and oxygen atoms in total. The van der Waals surface area contributed by atoms with Crippen LogP contribution >= 0.6 is 0 Å². The van der Waals surface area contributed by atoms with Gasteiger partial charge in [0.25, 0.3) is 5.91 Å². The van der Waals surface area contributed by atoms with Crippen molar-refractivity contribution in [1.82, 2.24) is 15.5 Å². The first-order valence-corrected chi connectivity index (χ1v) is 11.3. The molecule has 3 rings (SSSR count). The molecular formula is C24H34N4O4. The van der Waals surface area contributed by atoms with Gasteiger partial charge in [0.15, 0.2) is 0 Å². The lowest BCUT2D eigenvalue weighted by Crippen LogP contribution is -2.54. The molecule has 2 aliphatic rings. The van der Waals surface area contributed by atoms with Crippen molar-refractivity contribution in [3.8, 4) is 0 Å². The van der Waals surface area contributed by atoms with Crippen molar-refractivity contribution < 1.29 is 19.2 Å². The maximum atomic E-state index is 13.2. The summed E-state index contributed by atoms with van der Waals surface area (Å²) in [6, 6.07) is 6.72. The van der Waals surface area contributed by atoms with Crippen molar-refractivity contribution in [3.63, 3.8) is 0 Å². The van der Waals surface area contributed by atoms with Gasteiger partial charge in [0.2, 0.25) is 11.8 Å². The van der Waals surface area contributed by atoms with Gasteiger partial charge in [0, 0.05) is 18.7 Å². The average molecular weight is 443 g/mol. The number of nitrogens with one attached hydrogen (secondary N) is 3. The SMILES string of the molecule is CCCC(=O)Nc1cccc(CNC(=O)CN2C(=O)NC3(CC(C)CC(C)(C)C3)C2=O)c1. The van der Waals surface area contributed by atoms with Gasteiger partial charge in [-0.1, -0.05) is 39.8 Å². The Bertz CT molecular complexity index is 913. The third-order valence-corrected chi connectivity index (χ3v) is 6.10. The van der Waals surface area contributed by atoms with E-state index >= 15 is 0 Å². The van der Waals surface area contributed by atoms with E-state index in [0.29, 0.717) is 30.9 Å². The normalized spacial score (nSPS) is 24.4. The first kappa shape index (κ1) is 23.8. The van der Waals surface area contributed by atoms with Crippen LogP contribution in [-0.4, -0.2) is 40.7 Å². The third kappa shape index (κ3) is 5.47. The molecule has 8 heteroatoms. The predicted molar refractivity (Wildman–Crippen MR) is 122 cm³/mol. The van der Waals surface area contributed by atoms with Crippen LogP contribution in [0.15, 0.2) is 24.3 Å². The number of hydrogen-bond acceptors (Lipinski definition) is 4. The van der Waals surface area contributed by atoms with E-state index in [4.69, 9.17) is 0 Å². The quantitative estimate of drug-likeness (QED) is 0.564. The molecule has 1 heterocycles. The van der Waals surface area contributed by atoms with E-state index in [1.54, 1.807) is 18.2 Å². The van der Waals surface area contributed by atoms with E-state index in [2.05, 4.69) is 36.7 Å². The van der Waals surface area contributed by atoms with Crippen molar-refractivity contribution in [3.05, 3.63) is 29.8 Å². The zero-order valence-electron chi connectivity index (χ0n) is 19.4. The molecule has 1 saturated carbocycles. The summed E-state index contributed by atoms with van der Waals surface area (Å²) >= 11 is 0. The van der Waals surface area contributed by atoms with Gasteiger partial charge in [-0.15, -0.1) is 0 Å². The molecule has 5 amide bonds. The van der Waals surface area contributed by atoms with Crippen molar-refractivity contribution in [2.75, 3.05) is 11.9 Å². The zero-order chi connectivity index (χ0) is 23.5. The fourth-order valence-electron chi connectivity index (χ4n) is 5.26. The summed E-state index contributed by atoms with van der Waals surface area (Å²) in [6.07, 6.45) is 3.38. The number of anilines is 1. The van der Waals surface area contributed by atoms with Crippen molar-refractivity contribution in [2.24, 2.45) is 11.3 Å². The number of benzene rings is 1. The Hall–Kier alpha value is -2.90. The van der Waals surface area contributed by atoms with E-state index < -0.39 is 17.5 Å². The van der Waals surface area contributed by atoms with Crippen LogP contribution in [0.25, 0.3) is 0 Å². The van der Waals surface area contributed by atoms with E-state index in [9.17, 15) is 19.2 Å². The predicted octanol–water partition coefficient (Wildman–Crippen LogP) is 3.18. The van der Waals surface area contributed by atoms with Gasteiger partial charge in [-0.3, -0.25) is 19.3 Å². The molecule has 1 spiro atoms. The van der Waals surface area contributed by atoms with Gasteiger partial charge in [-0.2, -0.15) is 0 Å². The number of hydrogen-bond donors (Lipinski definition) is 3. The summed E-state index contributed by atoms with van der Waals surface area (Å²) in [6.45, 7) is 8.17. The number of nitrogens with zero attached hydrogens (tertiary/aromatic N) is 1. The van der Waals surface area contributed by atoms with Crippen LogP contribution in [0.5, 0.6) is 0 Å². The maximum Gasteiger partial charge on any atom is 0.325 e. The third-order valence-electron chi connectivity index (χ3n) is 6.10. The average Bonchev–Trinajstić information content (AvgIpc) is 2.88. The van der Waals surface area contributed by atoms with Crippen molar-refractivity contribution in [2.45, 2.75) is 71.9 Å². The summed E-state index contributed by atoms with van der Waals surface area (Å²) in [5.74, 6) is -0.463. The van der Waals surface area contributed by atoms with Gasteiger partial charge < -0.3 is 16.0 Å². The Morgan fingerprint density at radius 2 is 1.94 bits per heavy atom. The fraction of sp³-hybridized carbons (Fsp3) is 0.583. The van der Waals surface area contributed by atoms with Crippen LogP contribution in [0, 0.1) is 11.3 Å². The number of urea groups is 1. The molecule has 2 atom stereocenters. The molecule has 174 valence electrons. The molecule has 0 aromatic heterocycles. The topological polar surface area (TPSA) is 108 Å². The lowest BCUT2D eigenvalue weighted by molar-refractivity contribution is -0.137. The van der Waals surface area contributed by atoms with Crippen LogP contribution in [-0.2, 0) is 20.9 Å². The van der Waals surface area contributed by atoms with Gasteiger partial charge in [0.05, 0.1) is 0 Å². The van der Waals surface area contributed by atoms with E-state index in [-0.39, 0.29) is 30.3 Å². The van der Waals surface area contributed by atoms with Crippen LogP contribution in [0.1, 0.15) is 65.4 Å². The molecule has 1 aliphatic carbocycles. The summed E-state index contributed by atoms with van der Waals surface area (Å²) in [5.41, 5.74) is 0.504. The van der Waals surface area contributed by atoms with Crippen LogP contribution in [0.3, 0.4) is 0 Å². The molecule has 0 radical (unpaired) electrons. The molecular weight excluding hydrogens is 408 g/mol. The second kappa shape index (κ2) is 9.30. The van der Waals surface area contributed by atoms with Crippen LogP contribution in [0.2, 0.25) is 0 Å². The molecule has 1 aromatic carbocycles. The summed E-state index contributed by atoms with van der Waals surface area (Å²) in [7, 11) is 0. The maximum absolute atomic E-state index is 13.2. The number of rotatable bonds is 7. The number of imide groups is 1. The lowest BCUT2D eigenvalue weighted by Gasteiger charge is -2.43. The highest BCUT2D eigenvalue weighted by Gasteiger charge is 2.56. The van der Waals surface area contributed by atoms with E-state index in [0.717, 1.165) is 23.3 Å². The highest BCUT2D eigenvalue weighted by atomic mass is 16.2. The van der Waals surface area contributed by atoms with Gasteiger partial charge in [0.1, 0.15) is 12.1 Å². The molecule has 1 aliphatic heterocycles. The lowest BCUT2D eigenvalue weighted by atomic mass is 9.64. The fourth-order valence-corrected chi connectivity index (χ4v) is 5.26. The minimum Gasteiger partial charge on any atom is -0.350 e. The molecule has 0 bridgehead atoms. The largest absolute Gasteiger partial charge is 0.350 e. The van der Waals surface area contributed by atoms with Gasteiger partial charge >= 0.3 is 6.03 Å². The monoisotopic (exact) mass is 442 g/mol. The minimum atomic E-state index is -0.913. The Morgan fingerprint density at radius 1 is 1.19 bits per heavy atom. The molecule has 2 fully saturated rings. The molecule has 32 heavy (non-hydrogen) atoms. The number of carbonyl (C=O) groups is 4. The van der Waals surface area contributed by atoms with E-state index in [1.807, 2.05) is 13.0 Å². The minimum absolute atomic E-state index is 0.0543. The highest BCUT2D eigenvalue weighted by Crippen LogP contribution is 2.46. The smallest absolute Gasteiger partial charge is 0.325 e. The highest BCUT2D eigenvalue weighted by molar-refractivity contribution is 6.09. The first-order valence-electron chi connectivity index (χ1n) is 11.3. The summed E-state index contributed by atoms with van der Waals surface area (Å²) in [4.78, 5) is 51.0.